The van der Waals surface area contributed by atoms with E-state index in [4.69, 9.17) is 11.6 Å². The maximum absolute atomic E-state index is 5.94. The van der Waals surface area contributed by atoms with E-state index in [0.717, 1.165) is 18.8 Å². The molecule has 3 nitrogen and oxygen atoms in total. The summed E-state index contributed by atoms with van der Waals surface area (Å²) in [7, 11) is 0. The van der Waals surface area contributed by atoms with Crippen LogP contribution in [0.1, 0.15) is 26.2 Å². The third-order valence-electron chi connectivity index (χ3n) is 2.55. The lowest BCUT2D eigenvalue weighted by molar-refractivity contribution is 0.642. The minimum absolute atomic E-state index is 0.561. The van der Waals surface area contributed by atoms with E-state index in [1.807, 2.05) is 0 Å². The Morgan fingerprint density at radius 1 is 1.62 bits per heavy atom. The smallest absolute Gasteiger partial charge is 0.187 e. The Labute approximate surface area is 87.0 Å². The number of nitrogens with zero attached hydrogens (tertiary/aromatic N) is 3. The summed E-state index contributed by atoms with van der Waals surface area (Å²) in [5.41, 5.74) is 0. The van der Waals surface area contributed by atoms with Crippen LogP contribution in [0.5, 0.6) is 0 Å². The van der Waals surface area contributed by atoms with Crippen molar-refractivity contribution in [3.8, 4) is 0 Å². The van der Waals surface area contributed by atoms with Crippen LogP contribution in [-0.2, 0) is 0 Å². The van der Waals surface area contributed by atoms with Gasteiger partial charge in [0.05, 0.1) is 11.7 Å². The molecule has 1 aromatic heterocycles. The van der Waals surface area contributed by atoms with Crippen LogP contribution >= 0.6 is 23.3 Å². The van der Waals surface area contributed by atoms with E-state index in [0.29, 0.717) is 11.2 Å². The zero-order chi connectivity index (χ0) is 9.26. The third-order valence-corrected chi connectivity index (χ3v) is 3.43. The second kappa shape index (κ2) is 3.80. The molecule has 1 fully saturated rings. The highest BCUT2D eigenvalue weighted by Crippen LogP contribution is 2.30. The van der Waals surface area contributed by atoms with E-state index >= 15 is 0 Å². The van der Waals surface area contributed by atoms with Crippen molar-refractivity contribution in [2.45, 2.75) is 32.2 Å². The molecule has 0 bridgehead atoms. The fourth-order valence-corrected chi connectivity index (χ4v) is 2.64. The number of rotatable bonds is 2. The highest BCUT2D eigenvalue weighted by Gasteiger charge is 2.26. The van der Waals surface area contributed by atoms with E-state index in [1.54, 1.807) is 0 Å². The van der Waals surface area contributed by atoms with Crippen LogP contribution in [0.4, 0.5) is 5.82 Å². The van der Waals surface area contributed by atoms with Crippen LogP contribution in [-0.4, -0.2) is 21.3 Å². The summed E-state index contributed by atoms with van der Waals surface area (Å²) in [4.78, 5) is 2.28. The van der Waals surface area contributed by atoms with Gasteiger partial charge in [0, 0.05) is 12.6 Å². The van der Waals surface area contributed by atoms with Gasteiger partial charge in [-0.05, 0) is 19.3 Å². The second-order valence-corrected chi connectivity index (χ2v) is 4.16. The number of aromatic nitrogens is 2. The van der Waals surface area contributed by atoms with Crippen molar-refractivity contribution in [3.05, 3.63) is 5.15 Å². The van der Waals surface area contributed by atoms with Crippen molar-refractivity contribution in [1.29, 1.82) is 0 Å². The summed E-state index contributed by atoms with van der Waals surface area (Å²) in [5.74, 6) is 0.885. The minimum atomic E-state index is 0.561. The monoisotopic (exact) mass is 217 g/mol. The number of hydrogen-bond acceptors (Lipinski definition) is 4. The zero-order valence-corrected chi connectivity index (χ0v) is 9.11. The molecule has 72 valence electrons. The Balaban J connectivity index is 2.20. The largest absolute Gasteiger partial charge is 0.350 e. The van der Waals surface area contributed by atoms with Gasteiger partial charge in [0.2, 0.25) is 0 Å². The Kier molecular flexibility index (Phi) is 2.69. The third kappa shape index (κ3) is 1.65. The predicted octanol–water partition coefficient (Wildman–Crippen LogP) is 2.57. The number of halogens is 1. The van der Waals surface area contributed by atoms with Crippen LogP contribution in [0.3, 0.4) is 0 Å². The molecule has 1 unspecified atom stereocenters. The van der Waals surface area contributed by atoms with Gasteiger partial charge in [0.15, 0.2) is 11.0 Å². The first-order valence-electron chi connectivity index (χ1n) is 4.57. The molecule has 0 aromatic carbocycles. The van der Waals surface area contributed by atoms with Crippen molar-refractivity contribution in [2.75, 3.05) is 11.4 Å². The molecule has 13 heavy (non-hydrogen) atoms. The maximum Gasteiger partial charge on any atom is 0.187 e. The average molecular weight is 218 g/mol. The van der Waals surface area contributed by atoms with E-state index in [2.05, 4.69) is 20.6 Å². The summed E-state index contributed by atoms with van der Waals surface area (Å²) in [6, 6.07) is 0.612. The molecule has 0 aliphatic carbocycles. The van der Waals surface area contributed by atoms with Crippen LogP contribution in [0.15, 0.2) is 0 Å². The van der Waals surface area contributed by atoms with Gasteiger partial charge in [-0.1, -0.05) is 18.5 Å². The Bertz CT molecular complexity index is 289. The van der Waals surface area contributed by atoms with Crippen molar-refractivity contribution >= 4 is 29.1 Å². The van der Waals surface area contributed by atoms with Gasteiger partial charge in [-0.3, -0.25) is 0 Å². The quantitative estimate of drug-likeness (QED) is 0.763. The van der Waals surface area contributed by atoms with E-state index in [-0.39, 0.29) is 0 Å². The first kappa shape index (κ1) is 9.21. The zero-order valence-electron chi connectivity index (χ0n) is 7.53. The van der Waals surface area contributed by atoms with Gasteiger partial charge in [-0.25, -0.2) is 0 Å². The molecule has 1 atom stereocenters. The summed E-state index contributed by atoms with van der Waals surface area (Å²) < 4.78 is 8.20. The lowest BCUT2D eigenvalue weighted by atomic mass is 10.2. The van der Waals surface area contributed by atoms with Gasteiger partial charge in [0.25, 0.3) is 0 Å². The Hall–Kier alpha value is -0.350. The molecule has 0 saturated carbocycles. The molecule has 5 heteroatoms. The summed E-state index contributed by atoms with van der Waals surface area (Å²) >= 11 is 7.13. The van der Waals surface area contributed by atoms with E-state index in [9.17, 15) is 0 Å². The highest BCUT2D eigenvalue weighted by molar-refractivity contribution is 6.99. The first-order chi connectivity index (χ1) is 6.33. The summed E-state index contributed by atoms with van der Waals surface area (Å²) in [5, 5.41) is 0.561. The van der Waals surface area contributed by atoms with Crippen LogP contribution < -0.4 is 4.90 Å². The molecule has 0 spiro atoms. The lowest BCUT2D eigenvalue weighted by Gasteiger charge is -2.22. The summed E-state index contributed by atoms with van der Waals surface area (Å²) in [6.07, 6.45) is 3.66. The molecule has 1 saturated heterocycles. The standard InChI is InChI=1S/C8H12ClN3S/c1-2-6-4-3-5-12(6)8-7(9)10-13-11-8/h6H,2-5H2,1H3. The molecule has 1 aromatic rings. The van der Waals surface area contributed by atoms with Crippen LogP contribution in [0, 0.1) is 0 Å². The van der Waals surface area contributed by atoms with Crippen molar-refractivity contribution in [1.82, 2.24) is 8.75 Å². The second-order valence-electron chi connectivity index (χ2n) is 3.28. The SMILES string of the molecule is CCC1CCCN1c1nsnc1Cl. The maximum atomic E-state index is 5.94. The first-order valence-corrected chi connectivity index (χ1v) is 5.68. The van der Waals surface area contributed by atoms with Gasteiger partial charge >= 0.3 is 0 Å². The summed E-state index contributed by atoms with van der Waals surface area (Å²) in [6.45, 7) is 3.28. The van der Waals surface area contributed by atoms with E-state index in [1.165, 1.54) is 24.6 Å². The molecule has 1 aliphatic heterocycles. The fourth-order valence-electron chi connectivity index (χ4n) is 1.88. The lowest BCUT2D eigenvalue weighted by Crippen LogP contribution is -2.28. The molecule has 2 rings (SSSR count). The normalized spacial score (nSPS) is 22.6. The van der Waals surface area contributed by atoms with Crippen molar-refractivity contribution in [2.24, 2.45) is 0 Å². The fraction of sp³-hybridized carbons (Fsp3) is 0.750. The predicted molar refractivity (Wildman–Crippen MR) is 55.6 cm³/mol. The van der Waals surface area contributed by atoms with Gasteiger partial charge < -0.3 is 4.90 Å². The van der Waals surface area contributed by atoms with Crippen molar-refractivity contribution in [3.63, 3.8) is 0 Å². The minimum Gasteiger partial charge on any atom is -0.350 e. The van der Waals surface area contributed by atoms with Crippen LogP contribution in [0.25, 0.3) is 0 Å². The molecule has 0 amide bonds. The highest BCUT2D eigenvalue weighted by atomic mass is 35.5. The van der Waals surface area contributed by atoms with Gasteiger partial charge in [-0.2, -0.15) is 8.75 Å². The molecule has 0 N–H and O–H groups in total. The Morgan fingerprint density at radius 3 is 3.08 bits per heavy atom. The number of hydrogen-bond donors (Lipinski definition) is 0. The van der Waals surface area contributed by atoms with Crippen LogP contribution in [0.2, 0.25) is 5.15 Å². The van der Waals surface area contributed by atoms with Gasteiger partial charge in [-0.15, -0.1) is 0 Å². The number of anilines is 1. The average Bonchev–Trinajstić information content (AvgIpc) is 2.71. The van der Waals surface area contributed by atoms with Crippen molar-refractivity contribution < 1.29 is 0 Å². The molecular weight excluding hydrogens is 206 g/mol. The molecular formula is C8H12ClN3S. The topological polar surface area (TPSA) is 29.0 Å². The van der Waals surface area contributed by atoms with E-state index < -0.39 is 0 Å². The molecule has 2 heterocycles. The molecule has 0 radical (unpaired) electrons. The molecule has 1 aliphatic rings. The Morgan fingerprint density at radius 2 is 2.46 bits per heavy atom. The van der Waals surface area contributed by atoms with Gasteiger partial charge in [0.1, 0.15) is 0 Å².